The molecule has 3 aromatic rings. The number of aromatic nitrogens is 2. The maximum atomic E-state index is 13.5. The van der Waals surface area contributed by atoms with Gasteiger partial charge in [0.05, 0.1) is 0 Å². The van der Waals surface area contributed by atoms with Crippen molar-refractivity contribution >= 4 is 11.7 Å². The van der Waals surface area contributed by atoms with Gasteiger partial charge in [-0.15, -0.1) is 0 Å². The van der Waals surface area contributed by atoms with E-state index in [0.717, 1.165) is 28.5 Å². The van der Waals surface area contributed by atoms with Gasteiger partial charge in [0.1, 0.15) is 11.6 Å². The summed E-state index contributed by atoms with van der Waals surface area (Å²) in [6, 6.07) is 15.9. The van der Waals surface area contributed by atoms with Gasteiger partial charge in [0.15, 0.2) is 5.82 Å². The molecule has 6 heteroatoms. The van der Waals surface area contributed by atoms with Gasteiger partial charge in [-0.1, -0.05) is 50.2 Å². The van der Waals surface area contributed by atoms with Crippen molar-refractivity contribution in [2.24, 2.45) is 0 Å². The van der Waals surface area contributed by atoms with Crippen molar-refractivity contribution in [1.29, 1.82) is 0 Å². The van der Waals surface area contributed by atoms with Crippen molar-refractivity contribution < 1.29 is 9.18 Å². The van der Waals surface area contributed by atoms with Crippen molar-refractivity contribution in [3.8, 4) is 11.4 Å². The van der Waals surface area contributed by atoms with Crippen LogP contribution in [0.5, 0.6) is 0 Å². The van der Waals surface area contributed by atoms with E-state index in [1.807, 2.05) is 37.3 Å². The molecule has 0 radical (unpaired) electrons. The summed E-state index contributed by atoms with van der Waals surface area (Å²) in [5.41, 5.74) is 3.50. The topological polar surface area (TPSA) is 49.3 Å². The van der Waals surface area contributed by atoms with E-state index in [0.29, 0.717) is 31.7 Å². The fourth-order valence-electron chi connectivity index (χ4n) is 4.13. The predicted octanol–water partition coefficient (Wildman–Crippen LogP) is 4.68. The number of carbonyl (C=O) groups is 1. The van der Waals surface area contributed by atoms with E-state index in [9.17, 15) is 9.18 Å². The van der Waals surface area contributed by atoms with Gasteiger partial charge in [-0.3, -0.25) is 4.79 Å². The van der Waals surface area contributed by atoms with Crippen LogP contribution in [0.15, 0.2) is 54.6 Å². The maximum Gasteiger partial charge on any atom is 0.254 e. The number of halogens is 1. The minimum atomic E-state index is -0.393. The van der Waals surface area contributed by atoms with Gasteiger partial charge in [-0.05, 0) is 31.0 Å². The normalized spacial score (nSPS) is 14.2. The molecule has 2 heterocycles. The van der Waals surface area contributed by atoms with Crippen molar-refractivity contribution in [1.82, 2.24) is 14.9 Å². The Morgan fingerprint density at radius 1 is 0.968 bits per heavy atom. The molecule has 0 spiro atoms. The molecular formula is C25H27FN4O. The van der Waals surface area contributed by atoms with E-state index in [-0.39, 0.29) is 11.8 Å². The molecule has 4 rings (SSSR count). The number of nitrogens with zero attached hydrogens (tertiary/aromatic N) is 4. The molecule has 1 aliphatic rings. The van der Waals surface area contributed by atoms with Crippen LogP contribution in [0.1, 0.15) is 41.4 Å². The highest BCUT2D eigenvalue weighted by Gasteiger charge is 2.26. The van der Waals surface area contributed by atoms with Gasteiger partial charge >= 0.3 is 0 Å². The van der Waals surface area contributed by atoms with E-state index in [1.54, 1.807) is 17.0 Å². The number of anilines is 1. The molecule has 0 aliphatic carbocycles. The first-order valence-electron chi connectivity index (χ1n) is 10.7. The van der Waals surface area contributed by atoms with Crippen LogP contribution in [0.2, 0.25) is 0 Å². The van der Waals surface area contributed by atoms with Crippen molar-refractivity contribution in [2.45, 2.75) is 26.7 Å². The predicted molar refractivity (Wildman–Crippen MR) is 121 cm³/mol. The molecular weight excluding hydrogens is 391 g/mol. The van der Waals surface area contributed by atoms with Crippen LogP contribution in [-0.2, 0) is 0 Å². The molecule has 2 aromatic carbocycles. The number of piperazine rings is 1. The average molecular weight is 419 g/mol. The summed E-state index contributed by atoms with van der Waals surface area (Å²) >= 11 is 0. The number of amides is 1. The van der Waals surface area contributed by atoms with Crippen molar-refractivity contribution in [3.05, 3.63) is 77.2 Å². The van der Waals surface area contributed by atoms with Gasteiger partial charge < -0.3 is 9.80 Å². The van der Waals surface area contributed by atoms with Crippen molar-refractivity contribution in [2.75, 3.05) is 31.1 Å². The Kier molecular flexibility index (Phi) is 5.98. The second-order valence-corrected chi connectivity index (χ2v) is 8.18. The summed E-state index contributed by atoms with van der Waals surface area (Å²) in [4.78, 5) is 26.5. The third kappa shape index (κ3) is 4.43. The largest absolute Gasteiger partial charge is 0.353 e. The highest BCUT2D eigenvalue weighted by molar-refractivity contribution is 5.94. The molecule has 0 saturated carbocycles. The Labute approximate surface area is 182 Å². The number of carbonyl (C=O) groups excluding carboxylic acids is 1. The maximum absolute atomic E-state index is 13.5. The fraction of sp³-hybridized carbons (Fsp3) is 0.320. The molecule has 0 bridgehead atoms. The monoisotopic (exact) mass is 418 g/mol. The average Bonchev–Trinajstić information content (AvgIpc) is 2.78. The second-order valence-electron chi connectivity index (χ2n) is 8.18. The Balaban J connectivity index is 1.58. The third-order valence-corrected chi connectivity index (χ3v) is 5.66. The zero-order valence-electron chi connectivity index (χ0n) is 18.2. The highest BCUT2D eigenvalue weighted by Crippen LogP contribution is 2.31. The van der Waals surface area contributed by atoms with E-state index in [4.69, 9.17) is 9.97 Å². The lowest BCUT2D eigenvalue weighted by molar-refractivity contribution is 0.0746. The molecule has 1 amide bonds. The smallest absolute Gasteiger partial charge is 0.254 e. The van der Waals surface area contributed by atoms with Gasteiger partial charge in [-0.2, -0.15) is 0 Å². The summed E-state index contributed by atoms with van der Waals surface area (Å²) in [6.07, 6.45) is 0. The summed E-state index contributed by atoms with van der Waals surface area (Å²) in [5.74, 6) is 1.42. The van der Waals surface area contributed by atoms with Crippen molar-refractivity contribution in [3.63, 3.8) is 0 Å². The van der Waals surface area contributed by atoms with Gasteiger partial charge in [-0.25, -0.2) is 14.4 Å². The summed E-state index contributed by atoms with van der Waals surface area (Å²) in [5, 5.41) is 0. The number of rotatable bonds is 4. The van der Waals surface area contributed by atoms with E-state index in [2.05, 4.69) is 18.7 Å². The molecule has 0 N–H and O–H groups in total. The molecule has 160 valence electrons. The van der Waals surface area contributed by atoms with Crippen LogP contribution in [0.4, 0.5) is 10.2 Å². The minimum absolute atomic E-state index is 0.132. The van der Waals surface area contributed by atoms with Crippen LogP contribution in [0.25, 0.3) is 11.4 Å². The van der Waals surface area contributed by atoms with Crippen LogP contribution in [-0.4, -0.2) is 47.0 Å². The lowest BCUT2D eigenvalue weighted by atomic mass is 10.0. The third-order valence-electron chi connectivity index (χ3n) is 5.66. The van der Waals surface area contributed by atoms with Gasteiger partial charge in [0.25, 0.3) is 5.91 Å². The fourth-order valence-corrected chi connectivity index (χ4v) is 4.13. The first kappa shape index (κ1) is 21.0. The Morgan fingerprint density at radius 3 is 2.32 bits per heavy atom. The Bertz CT molecular complexity index is 1080. The lowest BCUT2D eigenvalue weighted by Crippen LogP contribution is -2.49. The van der Waals surface area contributed by atoms with E-state index in [1.165, 1.54) is 12.1 Å². The summed E-state index contributed by atoms with van der Waals surface area (Å²) in [7, 11) is 0. The molecule has 0 unspecified atom stereocenters. The second kappa shape index (κ2) is 8.84. The molecule has 1 fully saturated rings. The first-order valence-corrected chi connectivity index (χ1v) is 10.7. The summed E-state index contributed by atoms with van der Waals surface area (Å²) in [6.45, 7) is 8.82. The standard InChI is InChI=1S/C25H27FN4O/c1-17(2)22-18(3)27-23(19-8-5-4-6-9-19)28-24(22)29-12-14-30(15-13-29)25(31)20-10-7-11-21(26)16-20/h4-11,16-17H,12-15H2,1-3H3. The number of hydrogen-bond acceptors (Lipinski definition) is 4. The van der Waals surface area contributed by atoms with Gasteiger partial charge in [0.2, 0.25) is 0 Å². The lowest BCUT2D eigenvalue weighted by Gasteiger charge is -2.37. The number of hydrogen-bond donors (Lipinski definition) is 0. The van der Waals surface area contributed by atoms with E-state index >= 15 is 0 Å². The molecule has 1 saturated heterocycles. The molecule has 1 aromatic heterocycles. The van der Waals surface area contributed by atoms with Crippen LogP contribution >= 0.6 is 0 Å². The summed E-state index contributed by atoms with van der Waals surface area (Å²) < 4.78 is 13.5. The molecule has 5 nitrogen and oxygen atoms in total. The van der Waals surface area contributed by atoms with Crippen LogP contribution < -0.4 is 4.90 Å². The highest BCUT2D eigenvalue weighted by atomic mass is 19.1. The number of aryl methyl sites for hydroxylation is 1. The van der Waals surface area contributed by atoms with Crippen LogP contribution in [0, 0.1) is 12.7 Å². The van der Waals surface area contributed by atoms with Crippen LogP contribution in [0.3, 0.4) is 0 Å². The van der Waals surface area contributed by atoms with Gasteiger partial charge in [0, 0.05) is 48.6 Å². The molecule has 1 aliphatic heterocycles. The Morgan fingerprint density at radius 2 is 1.68 bits per heavy atom. The molecule has 0 atom stereocenters. The zero-order chi connectivity index (χ0) is 22.0. The zero-order valence-corrected chi connectivity index (χ0v) is 18.2. The Hall–Kier alpha value is -3.28. The van der Waals surface area contributed by atoms with E-state index < -0.39 is 5.82 Å². The quantitative estimate of drug-likeness (QED) is 0.617. The number of benzene rings is 2. The molecule has 31 heavy (non-hydrogen) atoms. The first-order chi connectivity index (χ1) is 14.9. The SMILES string of the molecule is Cc1nc(-c2ccccc2)nc(N2CCN(C(=O)c3cccc(F)c3)CC2)c1C(C)C. The minimum Gasteiger partial charge on any atom is -0.353 e.